The topological polar surface area (TPSA) is 18.5 Å². The molecule has 0 fully saturated rings. The molecule has 0 atom stereocenters. The molecule has 3 rings (SSSR count). The molecule has 2 nitrogen and oxygen atoms in total. The van der Waals surface area contributed by atoms with E-state index in [0.717, 1.165) is 52.2 Å². The first-order chi connectivity index (χ1) is 15.0. The van der Waals surface area contributed by atoms with E-state index in [2.05, 4.69) is 75.0 Å². The fourth-order valence-corrected chi connectivity index (χ4v) is 4.23. The van der Waals surface area contributed by atoms with Gasteiger partial charge in [0.05, 0.1) is 19.8 Å². The van der Waals surface area contributed by atoms with Gasteiger partial charge in [0.2, 0.25) is 0 Å². The average molecular weight is 415 g/mol. The first kappa shape index (κ1) is 22.7. The standard InChI is InChI=1S/C29H34O2/c1-7-8-10-15-23-19-26(30-5)28(25-18-21(4)16-17-24(25)20(2)3)29(31-6)27(23)22-13-11-9-12-14-22/h9,11-14,16-19H,2,7-8,10,15H2,1,3-6H3. The molecule has 0 aliphatic heterocycles. The first-order valence-corrected chi connectivity index (χ1v) is 11.1. The predicted octanol–water partition coefficient (Wildman–Crippen LogP) is 8.11. The second-order valence-electron chi connectivity index (χ2n) is 8.17. The third kappa shape index (κ3) is 4.85. The summed E-state index contributed by atoms with van der Waals surface area (Å²) in [7, 11) is 3.50. The van der Waals surface area contributed by atoms with Crippen LogP contribution in [0.15, 0.2) is 61.2 Å². The molecule has 0 spiro atoms. The van der Waals surface area contributed by atoms with E-state index >= 15 is 0 Å². The Bertz CT molecular complexity index is 1050. The summed E-state index contributed by atoms with van der Waals surface area (Å²) in [5, 5.41) is 0. The van der Waals surface area contributed by atoms with E-state index in [1.807, 2.05) is 6.92 Å². The second kappa shape index (κ2) is 10.3. The minimum Gasteiger partial charge on any atom is -0.496 e. The second-order valence-corrected chi connectivity index (χ2v) is 8.17. The van der Waals surface area contributed by atoms with E-state index in [1.54, 1.807) is 14.2 Å². The zero-order valence-corrected chi connectivity index (χ0v) is 19.5. The van der Waals surface area contributed by atoms with Crippen molar-refractivity contribution in [2.75, 3.05) is 14.2 Å². The van der Waals surface area contributed by atoms with Gasteiger partial charge in [-0.05, 0) is 55.0 Å². The Hall–Kier alpha value is -3.00. The molecule has 0 unspecified atom stereocenters. The van der Waals surface area contributed by atoms with E-state index in [0.29, 0.717) is 0 Å². The summed E-state index contributed by atoms with van der Waals surface area (Å²) in [4.78, 5) is 0. The van der Waals surface area contributed by atoms with Crippen molar-refractivity contribution >= 4 is 5.57 Å². The van der Waals surface area contributed by atoms with Gasteiger partial charge in [-0.2, -0.15) is 0 Å². The van der Waals surface area contributed by atoms with Crippen LogP contribution in [0.4, 0.5) is 0 Å². The Labute approximate surface area is 187 Å². The molecule has 0 radical (unpaired) electrons. The highest BCUT2D eigenvalue weighted by Gasteiger charge is 2.24. The maximum atomic E-state index is 6.14. The normalized spacial score (nSPS) is 10.7. The van der Waals surface area contributed by atoms with Crippen LogP contribution >= 0.6 is 0 Å². The molecule has 0 aromatic heterocycles. The summed E-state index contributed by atoms with van der Waals surface area (Å²) < 4.78 is 12.1. The largest absolute Gasteiger partial charge is 0.496 e. The van der Waals surface area contributed by atoms with E-state index in [1.165, 1.54) is 29.5 Å². The molecule has 0 aliphatic rings. The van der Waals surface area contributed by atoms with Crippen molar-refractivity contribution in [3.05, 3.63) is 77.9 Å². The van der Waals surface area contributed by atoms with Crippen LogP contribution in [-0.2, 0) is 6.42 Å². The zero-order valence-electron chi connectivity index (χ0n) is 19.5. The van der Waals surface area contributed by atoms with Crippen LogP contribution in [0.2, 0.25) is 0 Å². The maximum Gasteiger partial charge on any atom is 0.138 e. The lowest BCUT2D eigenvalue weighted by Crippen LogP contribution is -2.02. The van der Waals surface area contributed by atoms with E-state index in [-0.39, 0.29) is 0 Å². The van der Waals surface area contributed by atoms with Gasteiger partial charge in [0.25, 0.3) is 0 Å². The van der Waals surface area contributed by atoms with Crippen molar-refractivity contribution < 1.29 is 9.47 Å². The quantitative estimate of drug-likeness (QED) is 0.329. The Kier molecular flexibility index (Phi) is 7.57. The van der Waals surface area contributed by atoms with Crippen LogP contribution < -0.4 is 9.47 Å². The minimum atomic E-state index is 0.844. The number of rotatable bonds is 9. The highest BCUT2D eigenvalue weighted by atomic mass is 16.5. The fourth-order valence-electron chi connectivity index (χ4n) is 4.23. The van der Waals surface area contributed by atoms with Crippen molar-refractivity contribution in [2.24, 2.45) is 0 Å². The van der Waals surface area contributed by atoms with Crippen LogP contribution in [0.25, 0.3) is 27.8 Å². The fraction of sp³-hybridized carbons (Fsp3) is 0.310. The van der Waals surface area contributed by atoms with Crippen molar-refractivity contribution in [2.45, 2.75) is 46.5 Å². The molecule has 162 valence electrons. The third-order valence-corrected chi connectivity index (χ3v) is 5.77. The number of benzene rings is 3. The van der Waals surface area contributed by atoms with Gasteiger partial charge in [-0.15, -0.1) is 0 Å². The number of aryl methyl sites for hydroxylation is 2. The Morgan fingerprint density at radius 3 is 2.26 bits per heavy atom. The number of allylic oxidation sites excluding steroid dienone is 1. The lowest BCUT2D eigenvalue weighted by Gasteiger charge is -2.23. The van der Waals surface area contributed by atoms with Crippen molar-refractivity contribution in [3.8, 4) is 33.8 Å². The molecular formula is C29H34O2. The van der Waals surface area contributed by atoms with E-state index < -0.39 is 0 Å². The molecule has 0 N–H and O–H groups in total. The van der Waals surface area contributed by atoms with Gasteiger partial charge in [0.15, 0.2) is 0 Å². The number of unbranched alkanes of at least 4 members (excludes halogenated alkanes) is 2. The number of ether oxygens (including phenoxy) is 2. The van der Waals surface area contributed by atoms with Gasteiger partial charge >= 0.3 is 0 Å². The monoisotopic (exact) mass is 414 g/mol. The molecule has 3 aromatic rings. The predicted molar refractivity (Wildman–Crippen MR) is 133 cm³/mol. The van der Waals surface area contributed by atoms with Gasteiger partial charge in [-0.25, -0.2) is 0 Å². The van der Waals surface area contributed by atoms with Crippen LogP contribution in [0.1, 0.15) is 49.8 Å². The van der Waals surface area contributed by atoms with Gasteiger partial charge in [0, 0.05) is 5.56 Å². The van der Waals surface area contributed by atoms with Crippen LogP contribution in [-0.4, -0.2) is 14.2 Å². The molecule has 0 saturated carbocycles. The molecule has 0 amide bonds. The van der Waals surface area contributed by atoms with Crippen LogP contribution in [0.3, 0.4) is 0 Å². The van der Waals surface area contributed by atoms with Gasteiger partial charge in [-0.1, -0.05) is 86.0 Å². The molecule has 0 bridgehead atoms. The summed E-state index contributed by atoms with van der Waals surface area (Å²) in [5.74, 6) is 1.71. The molecule has 0 heterocycles. The number of methoxy groups -OCH3 is 2. The third-order valence-electron chi connectivity index (χ3n) is 5.77. The SMILES string of the molecule is C=C(C)c1ccc(C)cc1-c1c(OC)cc(CCCCC)c(-c2ccccc2)c1OC. The summed E-state index contributed by atoms with van der Waals surface area (Å²) in [6.07, 6.45) is 4.53. The van der Waals surface area contributed by atoms with Gasteiger partial charge < -0.3 is 9.47 Å². The van der Waals surface area contributed by atoms with E-state index in [4.69, 9.17) is 9.47 Å². The Morgan fingerprint density at radius 1 is 0.903 bits per heavy atom. The van der Waals surface area contributed by atoms with Crippen LogP contribution in [0.5, 0.6) is 11.5 Å². The Balaban J connectivity index is 2.38. The maximum absolute atomic E-state index is 6.14. The lowest BCUT2D eigenvalue weighted by molar-refractivity contribution is 0.397. The molecule has 31 heavy (non-hydrogen) atoms. The number of hydrogen-bond acceptors (Lipinski definition) is 2. The van der Waals surface area contributed by atoms with Crippen molar-refractivity contribution in [3.63, 3.8) is 0 Å². The number of hydrogen-bond donors (Lipinski definition) is 0. The molecule has 2 heteroatoms. The van der Waals surface area contributed by atoms with Gasteiger partial charge in [-0.3, -0.25) is 0 Å². The smallest absolute Gasteiger partial charge is 0.138 e. The molecule has 0 aliphatic carbocycles. The highest BCUT2D eigenvalue weighted by molar-refractivity contribution is 5.92. The molecule has 3 aromatic carbocycles. The van der Waals surface area contributed by atoms with Gasteiger partial charge in [0.1, 0.15) is 11.5 Å². The average Bonchev–Trinajstić information content (AvgIpc) is 2.78. The summed E-state index contributed by atoms with van der Waals surface area (Å²) in [6.45, 7) is 10.6. The molecule has 0 saturated heterocycles. The Morgan fingerprint density at radius 2 is 1.65 bits per heavy atom. The molecular weight excluding hydrogens is 380 g/mol. The minimum absolute atomic E-state index is 0.844. The highest BCUT2D eigenvalue weighted by Crippen LogP contribution is 2.49. The van der Waals surface area contributed by atoms with Crippen molar-refractivity contribution in [1.82, 2.24) is 0 Å². The lowest BCUT2D eigenvalue weighted by atomic mass is 9.87. The first-order valence-electron chi connectivity index (χ1n) is 11.1. The summed E-state index contributed by atoms with van der Waals surface area (Å²) >= 11 is 0. The van der Waals surface area contributed by atoms with Crippen molar-refractivity contribution in [1.29, 1.82) is 0 Å². The van der Waals surface area contributed by atoms with E-state index in [9.17, 15) is 0 Å². The summed E-state index contributed by atoms with van der Waals surface area (Å²) in [6, 6.07) is 19.2. The van der Waals surface area contributed by atoms with Crippen LogP contribution in [0, 0.1) is 6.92 Å². The summed E-state index contributed by atoms with van der Waals surface area (Å²) in [5.41, 5.74) is 9.00. The zero-order chi connectivity index (χ0) is 22.4.